The molecule has 4 nitrogen and oxygen atoms in total. The Balaban J connectivity index is 3.07. The Hall–Kier alpha value is -0.630. The lowest BCUT2D eigenvalue weighted by atomic mass is 10.4. The highest BCUT2D eigenvalue weighted by Gasteiger charge is 1.98. The van der Waals surface area contributed by atoms with Crippen LogP contribution in [0.5, 0.6) is 0 Å². The highest BCUT2D eigenvalue weighted by Crippen LogP contribution is 1.87. The van der Waals surface area contributed by atoms with Crippen LogP contribution in [0.15, 0.2) is 0 Å². The van der Waals surface area contributed by atoms with Gasteiger partial charge in [0.05, 0.1) is 32.0 Å². The highest BCUT2D eigenvalue weighted by molar-refractivity contribution is 4.85. The second kappa shape index (κ2) is 7.04. The molecule has 2 N–H and O–H groups in total. The smallest absolute Gasteiger partial charge is 0.116 e. The summed E-state index contributed by atoms with van der Waals surface area (Å²) >= 11 is 0. The van der Waals surface area contributed by atoms with Crippen LogP contribution in [0.3, 0.4) is 0 Å². The Bertz CT molecular complexity index is 142. The molecule has 4 heteroatoms. The van der Waals surface area contributed by atoms with Gasteiger partial charge in [-0.05, 0) is 13.8 Å². The number of ether oxygens (including phenoxy) is 2. The Morgan fingerprint density at radius 3 is 2.58 bits per heavy atom. The van der Waals surface area contributed by atoms with Crippen molar-refractivity contribution in [3.63, 3.8) is 0 Å². The fourth-order valence-electron chi connectivity index (χ4n) is 0.590. The molecule has 0 fully saturated rings. The lowest BCUT2D eigenvalue weighted by molar-refractivity contribution is 0.0188. The maximum atomic E-state index is 8.29. The molecule has 0 saturated carbocycles. The van der Waals surface area contributed by atoms with Gasteiger partial charge in [0.2, 0.25) is 0 Å². The molecule has 0 radical (unpaired) electrons. The van der Waals surface area contributed by atoms with Crippen molar-refractivity contribution in [2.45, 2.75) is 26.0 Å². The molecule has 0 amide bonds. The molecule has 0 bridgehead atoms. The van der Waals surface area contributed by atoms with E-state index in [-0.39, 0.29) is 12.7 Å². The van der Waals surface area contributed by atoms with Crippen molar-refractivity contribution in [1.29, 1.82) is 5.26 Å². The van der Waals surface area contributed by atoms with Crippen LogP contribution >= 0.6 is 0 Å². The Morgan fingerprint density at radius 2 is 2.08 bits per heavy atom. The van der Waals surface area contributed by atoms with Crippen molar-refractivity contribution in [2.24, 2.45) is 5.73 Å². The fourth-order valence-corrected chi connectivity index (χ4v) is 0.590. The maximum Gasteiger partial charge on any atom is 0.116 e. The number of hydrogen-bond acceptors (Lipinski definition) is 4. The van der Waals surface area contributed by atoms with Crippen LogP contribution in [0, 0.1) is 11.3 Å². The Labute approximate surface area is 73.3 Å². The zero-order valence-corrected chi connectivity index (χ0v) is 7.62. The molecule has 0 rings (SSSR count). The van der Waals surface area contributed by atoms with Crippen LogP contribution < -0.4 is 5.73 Å². The van der Waals surface area contributed by atoms with Crippen LogP contribution in [0.2, 0.25) is 0 Å². The van der Waals surface area contributed by atoms with Crippen LogP contribution in [0.1, 0.15) is 13.8 Å². The summed E-state index contributed by atoms with van der Waals surface area (Å²) in [6.07, 6.45) is 0.221. The van der Waals surface area contributed by atoms with Gasteiger partial charge in [0, 0.05) is 0 Å². The summed E-state index contributed by atoms with van der Waals surface area (Å²) in [4.78, 5) is 0. The average Bonchev–Trinajstić information content (AvgIpc) is 2.03. The molecule has 0 saturated heterocycles. The lowest BCUT2D eigenvalue weighted by Gasteiger charge is -2.08. The standard InChI is InChI=1S/C8H16N2O2/c1-7(2)12-4-3-11-6-8(10)5-9/h7-8H,3-4,6,10H2,1-2H3. The summed E-state index contributed by atoms with van der Waals surface area (Å²) in [5.41, 5.74) is 5.29. The summed E-state index contributed by atoms with van der Waals surface area (Å²) in [5, 5.41) is 8.29. The maximum absolute atomic E-state index is 8.29. The first kappa shape index (κ1) is 11.4. The largest absolute Gasteiger partial charge is 0.376 e. The van der Waals surface area contributed by atoms with E-state index in [9.17, 15) is 0 Å². The second-order valence-corrected chi connectivity index (χ2v) is 2.73. The molecular weight excluding hydrogens is 156 g/mol. The van der Waals surface area contributed by atoms with E-state index in [0.717, 1.165) is 0 Å². The van der Waals surface area contributed by atoms with Gasteiger partial charge in [0.15, 0.2) is 0 Å². The third kappa shape index (κ3) is 7.48. The van der Waals surface area contributed by atoms with Crippen LogP contribution in [-0.2, 0) is 9.47 Å². The number of nitrogens with two attached hydrogens (primary N) is 1. The molecular formula is C8H16N2O2. The topological polar surface area (TPSA) is 68.3 Å². The molecule has 1 unspecified atom stereocenters. The molecule has 0 aliphatic rings. The van der Waals surface area contributed by atoms with Gasteiger partial charge in [-0.2, -0.15) is 5.26 Å². The third-order valence-electron chi connectivity index (χ3n) is 1.14. The molecule has 0 aromatic carbocycles. The van der Waals surface area contributed by atoms with Crippen molar-refractivity contribution in [1.82, 2.24) is 0 Å². The summed E-state index contributed by atoms with van der Waals surface area (Å²) in [6.45, 7) is 5.24. The van der Waals surface area contributed by atoms with E-state index in [1.54, 1.807) is 0 Å². The molecule has 0 heterocycles. The van der Waals surface area contributed by atoms with Gasteiger partial charge in [0.25, 0.3) is 0 Å². The number of nitrogens with zero attached hydrogens (tertiary/aromatic N) is 1. The Kier molecular flexibility index (Phi) is 6.67. The van der Waals surface area contributed by atoms with Crippen molar-refractivity contribution >= 4 is 0 Å². The van der Waals surface area contributed by atoms with Crippen molar-refractivity contribution in [3.05, 3.63) is 0 Å². The quantitative estimate of drug-likeness (QED) is 0.584. The summed E-state index contributed by atoms with van der Waals surface area (Å²) in [5.74, 6) is 0. The minimum absolute atomic E-state index is 0.221. The molecule has 0 spiro atoms. The second-order valence-electron chi connectivity index (χ2n) is 2.73. The van der Waals surface area contributed by atoms with Crippen LogP contribution in [0.25, 0.3) is 0 Å². The highest BCUT2D eigenvalue weighted by atomic mass is 16.5. The summed E-state index contributed by atoms with van der Waals surface area (Å²) in [7, 11) is 0. The molecule has 70 valence electrons. The first-order chi connectivity index (χ1) is 5.66. The SMILES string of the molecule is CC(C)OCCOCC(N)C#N. The van der Waals surface area contributed by atoms with Crippen molar-refractivity contribution in [3.8, 4) is 6.07 Å². The first-order valence-corrected chi connectivity index (χ1v) is 4.01. The molecule has 0 aliphatic heterocycles. The summed E-state index contributed by atoms with van der Waals surface area (Å²) in [6, 6.07) is 1.35. The zero-order chi connectivity index (χ0) is 9.40. The van der Waals surface area contributed by atoms with E-state index < -0.39 is 6.04 Å². The van der Waals surface area contributed by atoms with E-state index in [1.807, 2.05) is 19.9 Å². The van der Waals surface area contributed by atoms with Gasteiger partial charge < -0.3 is 15.2 Å². The van der Waals surface area contributed by atoms with E-state index in [0.29, 0.717) is 13.2 Å². The minimum atomic E-state index is -0.524. The van der Waals surface area contributed by atoms with E-state index in [4.69, 9.17) is 20.5 Å². The van der Waals surface area contributed by atoms with Gasteiger partial charge in [-0.15, -0.1) is 0 Å². The van der Waals surface area contributed by atoms with E-state index in [2.05, 4.69) is 0 Å². The van der Waals surface area contributed by atoms with Gasteiger partial charge >= 0.3 is 0 Å². The van der Waals surface area contributed by atoms with Gasteiger partial charge in [-0.25, -0.2) is 0 Å². The Morgan fingerprint density at radius 1 is 1.42 bits per heavy atom. The third-order valence-corrected chi connectivity index (χ3v) is 1.14. The fraction of sp³-hybridized carbons (Fsp3) is 0.875. The number of hydrogen-bond donors (Lipinski definition) is 1. The lowest BCUT2D eigenvalue weighted by Crippen LogP contribution is -2.25. The normalized spacial score (nSPS) is 12.9. The monoisotopic (exact) mass is 172 g/mol. The summed E-state index contributed by atoms with van der Waals surface area (Å²) < 4.78 is 10.3. The minimum Gasteiger partial charge on any atom is -0.376 e. The van der Waals surface area contributed by atoms with Gasteiger partial charge in [0.1, 0.15) is 6.04 Å². The van der Waals surface area contributed by atoms with Crippen LogP contribution in [-0.4, -0.2) is 32.0 Å². The molecule has 0 aliphatic carbocycles. The molecule has 1 atom stereocenters. The van der Waals surface area contributed by atoms with E-state index in [1.165, 1.54) is 0 Å². The predicted molar refractivity (Wildman–Crippen MR) is 45.5 cm³/mol. The van der Waals surface area contributed by atoms with Gasteiger partial charge in [-0.3, -0.25) is 0 Å². The number of nitriles is 1. The molecule has 0 aromatic heterocycles. The first-order valence-electron chi connectivity index (χ1n) is 4.01. The van der Waals surface area contributed by atoms with E-state index >= 15 is 0 Å². The molecule has 12 heavy (non-hydrogen) atoms. The van der Waals surface area contributed by atoms with Crippen molar-refractivity contribution in [2.75, 3.05) is 19.8 Å². The molecule has 0 aromatic rings. The zero-order valence-electron chi connectivity index (χ0n) is 7.62. The van der Waals surface area contributed by atoms with Crippen LogP contribution in [0.4, 0.5) is 0 Å². The van der Waals surface area contributed by atoms with Crippen molar-refractivity contribution < 1.29 is 9.47 Å². The number of rotatable bonds is 6. The average molecular weight is 172 g/mol. The predicted octanol–water partition coefficient (Wildman–Crippen LogP) is 0.279. The van der Waals surface area contributed by atoms with Gasteiger partial charge in [-0.1, -0.05) is 0 Å².